The Morgan fingerprint density at radius 3 is 2.69 bits per heavy atom. The lowest BCUT2D eigenvalue weighted by Crippen LogP contribution is -2.17. The summed E-state index contributed by atoms with van der Waals surface area (Å²) < 4.78 is 25.7. The summed E-state index contributed by atoms with van der Waals surface area (Å²) in [6.45, 7) is 4.16. The van der Waals surface area contributed by atoms with Gasteiger partial charge in [0.1, 0.15) is 0 Å². The maximum absolute atomic E-state index is 13.0. The number of rotatable bonds is 5. The summed E-state index contributed by atoms with van der Waals surface area (Å²) >= 11 is 1.54. The van der Waals surface area contributed by atoms with Gasteiger partial charge >= 0.3 is 0 Å². The molecule has 0 saturated carbocycles. The van der Waals surface area contributed by atoms with E-state index in [9.17, 15) is 13.2 Å². The topological polar surface area (TPSA) is 81.1 Å². The third kappa shape index (κ3) is 4.13. The molecule has 1 aromatic carbocycles. The van der Waals surface area contributed by atoms with Crippen LogP contribution in [-0.2, 0) is 9.84 Å². The van der Waals surface area contributed by atoms with Gasteiger partial charge in [-0.15, -0.1) is 11.3 Å². The van der Waals surface area contributed by atoms with Gasteiger partial charge in [-0.3, -0.25) is 9.48 Å². The van der Waals surface area contributed by atoms with Crippen molar-refractivity contribution in [3.8, 4) is 10.6 Å². The number of thiophene rings is 1. The van der Waals surface area contributed by atoms with E-state index in [1.807, 2.05) is 41.8 Å². The number of nitrogens with zero attached hydrogens (tertiary/aromatic N) is 2. The van der Waals surface area contributed by atoms with Gasteiger partial charge in [0.2, 0.25) is 0 Å². The molecule has 1 atom stereocenters. The number of anilines is 1. The zero-order valence-corrected chi connectivity index (χ0v) is 18.0. The van der Waals surface area contributed by atoms with Gasteiger partial charge in [0.05, 0.1) is 28.1 Å². The van der Waals surface area contributed by atoms with E-state index in [2.05, 4.69) is 24.3 Å². The van der Waals surface area contributed by atoms with Crippen molar-refractivity contribution in [1.82, 2.24) is 9.78 Å². The van der Waals surface area contributed by atoms with Crippen LogP contribution in [0.15, 0.2) is 47.8 Å². The average molecular weight is 430 g/mol. The van der Waals surface area contributed by atoms with Crippen LogP contribution in [0.5, 0.6) is 0 Å². The minimum atomic E-state index is -3.06. The molecule has 1 fully saturated rings. The number of carbonyl (C=O) groups is 1. The van der Waals surface area contributed by atoms with E-state index in [1.165, 1.54) is 0 Å². The minimum Gasteiger partial charge on any atom is -0.320 e. The van der Waals surface area contributed by atoms with E-state index in [1.54, 1.807) is 22.1 Å². The number of sulfone groups is 1. The molecular weight excluding hydrogens is 406 g/mol. The SMILES string of the molecule is CC(C)c1ccccc1NC(=O)c1cc(-c2cccs2)n(C2CCS(=O)(=O)C2)n1. The predicted octanol–water partition coefficient (Wildman–Crippen LogP) is 4.35. The van der Waals surface area contributed by atoms with Gasteiger partial charge in [0.25, 0.3) is 5.91 Å². The van der Waals surface area contributed by atoms with Gasteiger partial charge in [-0.25, -0.2) is 8.42 Å². The number of amides is 1. The predicted molar refractivity (Wildman–Crippen MR) is 116 cm³/mol. The second-order valence-electron chi connectivity index (χ2n) is 7.59. The number of aromatic nitrogens is 2. The third-order valence-electron chi connectivity index (χ3n) is 5.13. The third-order valence-corrected chi connectivity index (χ3v) is 7.77. The summed E-state index contributed by atoms with van der Waals surface area (Å²) in [7, 11) is -3.06. The first kappa shape index (κ1) is 19.8. The Morgan fingerprint density at radius 1 is 1.24 bits per heavy atom. The van der Waals surface area contributed by atoms with Crippen LogP contribution in [0.4, 0.5) is 5.69 Å². The number of carbonyl (C=O) groups excluding carboxylic acids is 1. The summed E-state index contributed by atoms with van der Waals surface area (Å²) in [6.07, 6.45) is 0.514. The van der Waals surface area contributed by atoms with Crippen LogP contribution in [0.3, 0.4) is 0 Å². The van der Waals surface area contributed by atoms with Gasteiger partial charge < -0.3 is 5.32 Å². The van der Waals surface area contributed by atoms with Crippen molar-refractivity contribution >= 4 is 32.8 Å². The summed E-state index contributed by atoms with van der Waals surface area (Å²) in [5, 5.41) is 9.46. The van der Waals surface area contributed by atoms with Crippen molar-refractivity contribution < 1.29 is 13.2 Å². The average Bonchev–Trinajstić information content (AvgIpc) is 3.40. The molecule has 3 heterocycles. The van der Waals surface area contributed by atoms with Crippen molar-refractivity contribution in [1.29, 1.82) is 0 Å². The number of para-hydroxylation sites is 1. The molecule has 1 unspecified atom stereocenters. The van der Waals surface area contributed by atoms with Crippen LogP contribution < -0.4 is 5.32 Å². The van der Waals surface area contributed by atoms with Crippen LogP contribution in [0.1, 0.15) is 48.3 Å². The Hall–Kier alpha value is -2.45. The fourth-order valence-electron chi connectivity index (χ4n) is 3.66. The maximum Gasteiger partial charge on any atom is 0.276 e. The summed E-state index contributed by atoms with van der Waals surface area (Å²) in [5.41, 5.74) is 2.89. The first-order valence-corrected chi connectivity index (χ1v) is 12.3. The lowest BCUT2D eigenvalue weighted by atomic mass is 10.0. The zero-order chi connectivity index (χ0) is 20.6. The monoisotopic (exact) mass is 429 g/mol. The summed E-state index contributed by atoms with van der Waals surface area (Å²) in [5.74, 6) is 0.194. The smallest absolute Gasteiger partial charge is 0.276 e. The summed E-state index contributed by atoms with van der Waals surface area (Å²) in [6, 6.07) is 13.1. The van der Waals surface area contributed by atoms with E-state index >= 15 is 0 Å². The van der Waals surface area contributed by atoms with Crippen LogP contribution in [0, 0.1) is 0 Å². The van der Waals surface area contributed by atoms with E-state index in [4.69, 9.17) is 0 Å². The molecule has 1 aliphatic rings. The van der Waals surface area contributed by atoms with Gasteiger partial charge in [0.15, 0.2) is 15.5 Å². The highest BCUT2D eigenvalue weighted by atomic mass is 32.2. The molecule has 0 spiro atoms. The molecule has 152 valence electrons. The zero-order valence-electron chi connectivity index (χ0n) is 16.3. The van der Waals surface area contributed by atoms with Crippen LogP contribution in [0.2, 0.25) is 0 Å². The minimum absolute atomic E-state index is 0.0598. The second-order valence-corrected chi connectivity index (χ2v) is 10.8. The van der Waals surface area contributed by atoms with Crippen LogP contribution in [-0.4, -0.2) is 35.6 Å². The summed E-state index contributed by atoms with van der Waals surface area (Å²) in [4.78, 5) is 13.9. The molecule has 2 aromatic heterocycles. The molecule has 4 rings (SSSR count). The standard InChI is InChI=1S/C21H23N3O3S2/c1-14(2)16-6-3-4-7-17(16)22-21(25)18-12-19(20-8-5-10-28-20)24(23-18)15-9-11-29(26,27)13-15/h3-8,10,12,14-15H,9,11,13H2,1-2H3,(H,22,25). The normalized spacial score (nSPS) is 18.2. The second kappa shape index (κ2) is 7.76. The van der Waals surface area contributed by atoms with E-state index in [-0.39, 0.29) is 35.1 Å². The molecule has 8 heteroatoms. The molecule has 1 N–H and O–H groups in total. The van der Waals surface area contributed by atoms with Crippen molar-refractivity contribution in [3.63, 3.8) is 0 Å². The first-order valence-electron chi connectivity index (χ1n) is 9.58. The number of nitrogens with one attached hydrogen (secondary N) is 1. The first-order chi connectivity index (χ1) is 13.8. The number of hydrogen-bond donors (Lipinski definition) is 1. The Kier molecular flexibility index (Phi) is 5.31. The molecule has 29 heavy (non-hydrogen) atoms. The highest BCUT2D eigenvalue weighted by Crippen LogP contribution is 2.32. The molecule has 1 saturated heterocycles. The van der Waals surface area contributed by atoms with Crippen LogP contribution in [0.25, 0.3) is 10.6 Å². The molecule has 3 aromatic rings. The largest absolute Gasteiger partial charge is 0.320 e. The number of benzene rings is 1. The fourth-order valence-corrected chi connectivity index (χ4v) is 6.09. The van der Waals surface area contributed by atoms with Crippen molar-refractivity contribution in [2.45, 2.75) is 32.2 Å². The van der Waals surface area contributed by atoms with Crippen LogP contribution >= 0.6 is 11.3 Å². The molecule has 0 radical (unpaired) electrons. The number of hydrogen-bond acceptors (Lipinski definition) is 5. The maximum atomic E-state index is 13.0. The lowest BCUT2D eigenvalue weighted by molar-refractivity contribution is 0.102. The molecule has 1 aliphatic heterocycles. The Bertz CT molecular complexity index is 1130. The molecular formula is C21H23N3O3S2. The van der Waals surface area contributed by atoms with Crippen molar-refractivity contribution in [2.24, 2.45) is 0 Å². The van der Waals surface area contributed by atoms with Gasteiger partial charge in [-0.05, 0) is 41.5 Å². The van der Waals surface area contributed by atoms with Crippen molar-refractivity contribution in [2.75, 3.05) is 16.8 Å². The highest BCUT2D eigenvalue weighted by molar-refractivity contribution is 7.91. The van der Waals surface area contributed by atoms with Gasteiger partial charge in [0, 0.05) is 5.69 Å². The lowest BCUT2D eigenvalue weighted by Gasteiger charge is -2.13. The van der Waals surface area contributed by atoms with E-state index in [0.29, 0.717) is 6.42 Å². The quantitative estimate of drug-likeness (QED) is 0.654. The fraction of sp³-hybridized carbons (Fsp3) is 0.333. The van der Waals surface area contributed by atoms with Crippen molar-refractivity contribution in [3.05, 3.63) is 59.1 Å². The Labute approximate surface area is 174 Å². The van der Waals surface area contributed by atoms with E-state index < -0.39 is 9.84 Å². The van der Waals surface area contributed by atoms with E-state index in [0.717, 1.165) is 21.8 Å². The highest BCUT2D eigenvalue weighted by Gasteiger charge is 2.32. The molecule has 0 aliphatic carbocycles. The van der Waals surface area contributed by atoms with Gasteiger partial charge in [-0.1, -0.05) is 38.1 Å². The Balaban J connectivity index is 1.68. The molecule has 1 amide bonds. The van der Waals surface area contributed by atoms with Gasteiger partial charge in [-0.2, -0.15) is 5.10 Å². The molecule has 6 nitrogen and oxygen atoms in total. The molecule has 0 bridgehead atoms. The Morgan fingerprint density at radius 2 is 2.03 bits per heavy atom.